The van der Waals surface area contributed by atoms with Crippen molar-refractivity contribution in [2.75, 3.05) is 7.05 Å². The molecular formula is C16H15ClN2O2S. The van der Waals surface area contributed by atoms with E-state index in [1.54, 1.807) is 6.07 Å². The van der Waals surface area contributed by atoms with Gasteiger partial charge in [-0.15, -0.1) is 11.8 Å². The molecule has 22 heavy (non-hydrogen) atoms. The van der Waals surface area contributed by atoms with Gasteiger partial charge in [-0.2, -0.15) is 0 Å². The summed E-state index contributed by atoms with van der Waals surface area (Å²) in [6.45, 7) is 0. The number of imide groups is 1. The summed E-state index contributed by atoms with van der Waals surface area (Å²) in [6.07, 6.45) is 0. The van der Waals surface area contributed by atoms with E-state index in [1.165, 1.54) is 18.8 Å². The van der Waals surface area contributed by atoms with Gasteiger partial charge in [0.15, 0.2) is 0 Å². The third kappa shape index (κ3) is 4.26. The zero-order valence-electron chi connectivity index (χ0n) is 11.9. The van der Waals surface area contributed by atoms with Crippen LogP contribution in [0.2, 0.25) is 5.02 Å². The first-order valence-corrected chi connectivity index (χ1v) is 7.86. The molecule has 0 aliphatic carbocycles. The van der Waals surface area contributed by atoms with Gasteiger partial charge < -0.3 is 5.32 Å². The number of amides is 3. The van der Waals surface area contributed by atoms with E-state index >= 15 is 0 Å². The maximum Gasteiger partial charge on any atom is 0.321 e. The summed E-state index contributed by atoms with van der Waals surface area (Å²) in [7, 11) is 1.46. The Hall–Kier alpha value is -1.98. The molecule has 4 nitrogen and oxygen atoms in total. The largest absolute Gasteiger partial charge is 0.341 e. The van der Waals surface area contributed by atoms with Crippen LogP contribution in [0.1, 0.15) is 10.8 Å². The molecule has 0 unspecified atom stereocenters. The van der Waals surface area contributed by atoms with Gasteiger partial charge in [0.25, 0.3) is 0 Å². The number of urea groups is 1. The zero-order chi connectivity index (χ0) is 15.9. The minimum Gasteiger partial charge on any atom is -0.341 e. The number of thioether (sulfide) groups is 1. The van der Waals surface area contributed by atoms with E-state index in [4.69, 9.17) is 11.6 Å². The third-order valence-electron chi connectivity index (χ3n) is 2.89. The Bertz CT molecular complexity index is 664. The highest BCUT2D eigenvalue weighted by atomic mass is 35.5. The lowest BCUT2D eigenvalue weighted by Gasteiger charge is -2.17. The lowest BCUT2D eigenvalue weighted by Crippen LogP contribution is -2.39. The number of hydrogen-bond donors (Lipinski definition) is 2. The van der Waals surface area contributed by atoms with Gasteiger partial charge in [-0.3, -0.25) is 10.1 Å². The van der Waals surface area contributed by atoms with E-state index in [0.717, 1.165) is 10.5 Å². The summed E-state index contributed by atoms with van der Waals surface area (Å²) in [4.78, 5) is 24.6. The first-order chi connectivity index (χ1) is 10.6. The fraction of sp³-hybridized carbons (Fsp3) is 0.125. The van der Waals surface area contributed by atoms with Crippen molar-refractivity contribution in [3.63, 3.8) is 0 Å². The molecule has 3 amide bonds. The first kappa shape index (κ1) is 16.4. The maximum atomic E-state index is 12.4. The molecule has 0 bridgehead atoms. The van der Waals surface area contributed by atoms with Crippen LogP contribution in [0.5, 0.6) is 0 Å². The summed E-state index contributed by atoms with van der Waals surface area (Å²) in [5, 5.41) is 4.69. The second kappa shape index (κ2) is 7.87. The van der Waals surface area contributed by atoms with Gasteiger partial charge in [0.1, 0.15) is 5.25 Å². The molecule has 2 rings (SSSR count). The normalized spacial score (nSPS) is 11.5. The summed E-state index contributed by atoms with van der Waals surface area (Å²) in [6, 6.07) is 16.0. The Morgan fingerprint density at radius 2 is 1.68 bits per heavy atom. The Morgan fingerprint density at radius 1 is 1.05 bits per heavy atom. The van der Waals surface area contributed by atoms with Crippen LogP contribution in [0.15, 0.2) is 59.5 Å². The molecule has 6 heteroatoms. The van der Waals surface area contributed by atoms with Gasteiger partial charge in [0.05, 0.1) is 5.02 Å². The highest BCUT2D eigenvalue weighted by molar-refractivity contribution is 8.00. The van der Waals surface area contributed by atoms with E-state index in [9.17, 15) is 9.59 Å². The van der Waals surface area contributed by atoms with E-state index in [1.807, 2.05) is 48.5 Å². The predicted molar refractivity (Wildman–Crippen MR) is 89.1 cm³/mol. The summed E-state index contributed by atoms with van der Waals surface area (Å²) < 4.78 is 0. The predicted octanol–water partition coefficient (Wildman–Crippen LogP) is 3.63. The van der Waals surface area contributed by atoms with Crippen molar-refractivity contribution in [1.29, 1.82) is 0 Å². The molecule has 0 aliphatic heterocycles. The van der Waals surface area contributed by atoms with Gasteiger partial charge in [-0.1, -0.05) is 54.1 Å². The minimum atomic E-state index is -0.571. The zero-order valence-corrected chi connectivity index (χ0v) is 13.4. The quantitative estimate of drug-likeness (QED) is 0.839. The Kier molecular flexibility index (Phi) is 5.86. The van der Waals surface area contributed by atoms with Gasteiger partial charge >= 0.3 is 6.03 Å². The average molecular weight is 335 g/mol. The van der Waals surface area contributed by atoms with Gasteiger partial charge in [-0.05, 0) is 17.7 Å². The Morgan fingerprint density at radius 3 is 2.32 bits per heavy atom. The van der Waals surface area contributed by atoms with Crippen molar-refractivity contribution < 1.29 is 9.59 Å². The van der Waals surface area contributed by atoms with Crippen LogP contribution in [-0.2, 0) is 4.79 Å². The standard InChI is InChI=1S/C16H15ClN2O2S/c1-18-16(21)19-15(20)14(11-7-3-2-4-8-11)22-13-10-6-5-9-12(13)17/h2-10,14H,1H3,(H2,18,19,20,21)/t14-/m1/s1. The lowest BCUT2D eigenvalue weighted by atomic mass is 10.1. The van der Waals surface area contributed by atoms with Crippen molar-refractivity contribution in [3.8, 4) is 0 Å². The molecule has 0 aliphatic rings. The van der Waals surface area contributed by atoms with Crippen molar-refractivity contribution >= 4 is 35.3 Å². The monoisotopic (exact) mass is 334 g/mol. The van der Waals surface area contributed by atoms with Crippen LogP contribution in [0.4, 0.5) is 4.79 Å². The summed E-state index contributed by atoms with van der Waals surface area (Å²) in [5.74, 6) is -0.393. The van der Waals surface area contributed by atoms with Crippen LogP contribution >= 0.6 is 23.4 Å². The molecule has 2 aromatic carbocycles. The van der Waals surface area contributed by atoms with Crippen LogP contribution < -0.4 is 10.6 Å². The highest BCUT2D eigenvalue weighted by Crippen LogP contribution is 2.38. The maximum absolute atomic E-state index is 12.4. The SMILES string of the molecule is CNC(=O)NC(=O)[C@H](Sc1ccccc1Cl)c1ccccc1. The van der Waals surface area contributed by atoms with Gasteiger partial charge in [0, 0.05) is 11.9 Å². The molecule has 2 N–H and O–H groups in total. The molecule has 0 fully saturated rings. The first-order valence-electron chi connectivity index (χ1n) is 6.60. The van der Waals surface area contributed by atoms with Crippen LogP contribution in [-0.4, -0.2) is 19.0 Å². The number of nitrogens with one attached hydrogen (secondary N) is 2. The van der Waals surface area contributed by atoms with E-state index in [0.29, 0.717) is 5.02 Å². The van der Waals surface area contributed by atoms with Gasteiger partial charge in [0.2, 0.25) is 5.91 Å². The van der Waals surface area contributed by atoms with E-state index in [2.05, 4.69) is 10.6 Å². The third-order valence-corrected chi connectivity index (χ3v) is 4.66. The number of rotatable bonds is 4. The van der Waals surface area contributed by atoms with Crippen molar-refractivity contribution in [2.24, 2.45) is 0 Å². The minimum absolute atomic E-state index is 0.393. The number of carbonyl (C=O) groups is 2. The molecular weight excluding hydrogens is 320 g/mol. The molecule has 0 radical (unpaired) electrons. The lowest BCUT2D eigenvalue weighted by molar-refractivity contribution is -0.119. The van der Waals surface area contributed by atoms with E-state index in [-0.39, 0.29) is 0 Å². The van der Waals surface area contributed by atoms with Crippen molar-refractivity contribution in [2.45, 2.75) is 10.1 Å². The number of halogens is 1. The van der Waals surface area contributed by atoms with E-state index < -0.39 is 17.2 Å². The van der Waals surface area contributed by atoms with Crippen LogP contribution in [0.25, 0.3) is 0 Å². The molecule has 0 saturated carbocycles. The average Bonchev–Trinajstić information content (AvgIpc) is 2.54. The van der Waals surface area contributed by atoms with Crippen molar-refractivity contribution in [1.82, 2.24) is 10.6 Å². The number of carbonyl (C=O) groups excluding carboxylic acids is 2. The fourth-order valence-electron chi connectivity index (χ4n) is 1.81. The smallest absolute Gasteiger partial charge is 0.321 e. The molecule has 0 saturated heterocycles. The molecule has 0 spiro atoms. The number of hydrogen-bond acceptors (Lipinski definition) is 3. The Labute approximate surface area is 138 Å². The number of benzene rings is 2. The van der Waals surface area contributed by atoms with Crippen molar-refractivity contribution in [3.05, 3.63) is 65.2 Å². The summed E-state index contributed by atoms with van der Waals surface area (Å²) >= 11 is 7.47. The molecule has 114 valence electrons. The van der Waals surface area contributed by atoms with Gasteiger partial charge in [-0.25, -0.2) is 4.79 Å². The second-order valence-corrected chi connectivity index (χ2v) is 5.96. The fourth-order valence-corrected chi connectivity index (χ4v) is 3.13. The topological polar surface area (TPSA) is 58.2 Å². The summed E-state index contributed by atoms with van der Waals surface area (Å²) in [5.41, 5.74) is 0.800. The molecule has 0 heterocycles. The van der Waals surface area contributed by atoms with Crippen LogP contribution in [0, 0.1) is 0 Å². The second-order valence-electron chi connectivity index (χ2n) is 4.41. The molecule has 0 aromatic heterocycles. The Balaban J connectivity index is 2.28. The van der Waals surface area contributed by atoms with Crippen LogP contribution in [0.3, 0.4) is 0 Å². The molecule has 1 atom stereocenters. The molecule has 2 aromatic rings. The highest BCUT2D eigenvalue weighted by Gasteiger charge is 2.24.